The topological polar surface area (TPSA) is 206 Å². The predicted octanol–water partition coefficient (Wildman–Crippen LogP) is 0.775. The number of alkyl halides is 3. The van der Waals surface area contributed by atoms with E-state index < -0.39 is 33.6 Å². The van der Waals surface area contributed by atoms with Crippen molar-refractivity contribution in [3.05, 3.63) is 57.5 Å². The van der Waals surface area contributed by atoms with E-state index in [9.17, 15) is 31.2 Å². The van der Waals surface area contributed by atoms with Crippen LogP contribution in [0.2, 0.25) is 5.02 Å². The number of anilines is 1. The summed E-state index contributed by atoms with van der Waals surface area (Å²) in [5.41, 5.74) is 6.71. The highest BCUT2D eigenvalue weighted by atomic mass is 35.5. The molecular weight excluding hydrogens is 549 g/mol. The van der Waals surface area contributed by atoms with Crippen LogP contribution in [0.1, 0.15) is 5.69 Å². The van der Waals surface area contributed by atoms with Gasteiger partial charge in [-0.25, -0.2) is 18.7 Å². The molecule has 0 atom stereocenters. The number of rotatable bonds is 9. The summed E-state index contributed by atoms with van der Waals surface area (Å²) in [7, 11) is -4.10. The molecule has 1 heterocycles. The summed E-state index contributed by atoms with van der Waals surface area (Å²) in [5.74, 6) is -3.62. The Hall–Kier alpha value is -3.83. The molecule has 1 amide bonds. The largest absolute Gasteiger partial charge is 0.490 e. The van der Waals surface area contributed by atoms with Gasteiger partial charge >= 0.3 is 12.1 Å². The standard InChI is InChI=1S/C17H21ClN6O5S.C2HF3O2/c1-11-6-7-13(23-30(27,28)14-5-3-2-4-12(14)18)16(26)24(11)10-15(25)21-8-9-29-22-17(19)20;3-2(4,5)1(6)7/h2-7,23H,8-10H2,1H3,(H,21,25)(H4,19,20,22);(H,6,7). The van der Waals surface area contributed by atoms with Crippen LogP contribution in [0.25, 0.3) is 0 Å². The number of hydrogen-bond acceptors (Lipinski definition) is 7. The van der Waals surface area contributed by atoms with Crippen LogP contribution in [0.3, 0.4) is 0 Å². The fourth-order valence-electron chi connectivity index (χ4n) is 2.38. The van der Waals surface area contributed by atoms with Gasteiger partial charge in [0.1, 0.15) is 17.1 Å². The number of aryl methyl sites for hydroxylation is 1. The number of pyridine rings is 1. The lowest BCUT2D eigenvalue weighted by Crippen LogP contribution is -2.37. The zero-order valence-corrected chi connectivity index (χ0v) is 20.5. The molecular formula is C19H22ClF3N6O7S. The summed E-state index contributed by atoms with van der Waals surface area (Å²) in [5, 5.41) is 16.6. The molecule has 13 nitrogen and oxygen atoms in total. The van der Waals surface area contributed by atoms with Crippen molar-refractivity contribution in [1.82, 2.24) is 15.4 Å². The Kier molecular flexibility index (Phi) is 11.4. The molecule has 2 aromatic rings. The Balaban J connectivity index is 0.000000856. The van der Waals surface area contributed by atoms with E-state index >= 15 is 0 Å². The SMILES string of the molecule is Cc1ccc(NS(=O)(=O)c2ccccc2Cl)c(=O)n1CC(=O)NCCONC(=N)N.O=C(O)C(F)(F)F. The fourth-order valence-corrected chi connectivity index (χ4v) is 3.95. The first-order valence-electron chi connectivity index (χ1n) is 9.82. The van der Waals surface area contributed by atoms with Crippen molar-refractivity contribution in [2.75, 3.05) is 17.9 Å². The second kappa shape index (κ2) is 13.5. The van der Waals surface area contributed by atoms with Crippen molar-refractivity contribution in [2.45, 2.75) is 24.5 Å². The Bertz CT molecular complexity index is 1300. The van der Waals surface area contributed by atoms with Crippen LogP contribution in [-0.2, 0) is 31.0 Å². The molecule has 0 saturated heterocycles. The zero-order chi connectivity index (χ0) is 28.4. The number of hydrogen-bond donors (Lipinski definition) is 6. The van der Waals surface area contributed by atoms with Gasteiger partial charge in [0.25, 0.3) is 15.6 Å². The summed E-state index contributed by atoms with van der Waals surface area (Å²) in [6.07, 6.45) is -5.08. The number of benzene rings is 1. The molecule has 0 aliphatic carbocycles. The minimum absolute atomic E-state index is 0.0123. The van der Waals surface area contributed by atoms with Gasteiger partial charge in [-0.05, 0) is 31.2 Å². The van der Waals surface area contributed by atoms with Gasteiger partial charge in [0.15, 0.2) is 0 Å². The molecule has 1 aromatic carbocycles. The molecule has 204 valence electrons. The van der Waals surface area contributed by atoms with Crippen molar-refractivity contribution in [2.24, 2.45) is 5.73 Å². The summed E-state index contributed by atoms with van der Waals surface area (Å²) in [6.45, 7) is 1.43. The van der Waals surface area contributed by atoms with Gasteiger partial charge in [-0.15, -0.1) is 0 Å². The fraction of sp³-hybridized carbons (Fsp3) is 0.263. The number of nitrogens with one attached hydrogen (secondary N) is 4. The minimum atomic E-state index is -5.08. The quantitative estimate of drug-likeness (QED) is 0.109. The first-order valence-corrected chi connectivity index (χ1v) is 11.7. The number of carboxylic acids is 1. The van der Waals surface area contributed by atoms with E-state index in [4.69, 9.17) is 37.5 Å². The minimum Gasteiger partial charge on any atom is -0.475 e. The van der Waals surface area contributed by atoms with Gasteiger partial charge in [-0.3, -0.25) is 24.6 Å². The number of nitrogens with two attached hydrogens (primary N) is 1. The van der Waals surface area contributed by atoms with Crippen molar-refractivity contribution < 1.29 is 41.1 Å². The third-order valence-electron chi connectivity index (χ3n) is 4.02. The Labute approximate surface area is 212 Å². The molecule has 0 aliphatic heterocycles. The number of guanidine groups is 1. The summed E-state index contributed by atoms with van der Waals surface area (Å²) < 4.78 is 60.2. The molecule has 0 aliphatic rings. The zero-order valence-electron chi connectivity index (χ0n) is 18.9. The van der Waals surface area contributed by atoms with E-state index in [1.165, 1.54) is 30.3 Å². The second-order valence-electron chi connectivity index (χ2n) is 6.83. The van der Waals surface area contributed by atoms with Crippen LogP contribution < -0.4 is 26.8 Å². The number of amides is 1. The maximum atomic E-state index is 12.7. The predicted molar refractivity (Wildman–Crippen MR) is 125 cm³/mol. The van der Waals surface area contributed by atoms with Gasteiger partial charge in [-0.1, -0.05) is 23.7 Å². The lowest BCUT2D eigenvalue weighted by atomic mass is 10.3. The molecule has 0 spiro atoms. The number of carboxylic acid groups (broad SMARTS) is 1. The van der Waals surface area contributed by atoms with Crippen molar-refractivity contribution in [3.8, 4) is 0 Å². The van der Waals surface area contributed by atoms with Crippen molar-refractivity contribution >= 4 is 45.1 Å². The highest BCUT2D eigenvalue weighted by molar-refractivity contribution is 7.92. The maximum absolute atomic E-state index is 12.7. The third-order valence-corrected chi connectivity index (χ3v) is 5.88. The first-order chi connectivity index (χ1) is 17.1. The van der Waals surface area contributed by atoms with Crippen LogP contribution in [0.4, 0.5) is 18.9 Å². The lowest BCUT2D eigenvalue weighted by molar-refractivity contribution is -0.192. The lowest BCUT2D eigenvalue weighted by Gasteiger charge is -2.14. The molecule has 0 fully saturated rings. The Morgan fingerprint density at radius 2 is 1.81 bits per heavy atom. The Morgan fingerprint density at radius 3 is 2.35 bits per heavy atom. The van der Waals surface area contributed by atoms with Crippen molar-refractivity contribution in [3.63, 3.8) is 0 Å². The first kappa shape index (κ1) is 31.2. The highest BCUT2D eigenvalue weighted by Gasteiger charge is 2.38. The van der Waals surface area contributed by atoms with Crippen LogP contribution in [0.15, 0.2) is 46.1 Å². The molecule has 1 aromatic heterocycles. The van der Waals surface area contributed by atoms with E-state index in [0.29, 0.717) is 5.69 Å². The van der Waals surface area contributed by atoms with E-state index in [-0.39, 0.29) is 41.3 Å². The van der Waals surface area contributed by atoms with E-state index in [1.54, 1.807) is 13.0 Å². The van der Waals surface area contributed by atoms with Gasteiger partial charge in [0.05, 0.1) is 11.6 Å². The molecule has 18 heteroatoms. The number of hydroxylamine groups is 1. The van der Waals surface area contributed by atoms with Gasteiger partial charge in [0, 0.05) is 12.2 Å². The molecule has 7 N–H and O–H groups in total. The molecule has 2 rings (SSSR count). The van der Waals surface area contributed by atoms with Gasteiger partial charge in [-0.2, -0.15) is 13.2 Å². The van der Waals surface area contributed by atoms with Crippen molar-refractivity contribution in [1.29, 1.82) is 5.41 Å². The normalized spacial score (nSPS) is 11.1. The highest BCUT2D eigenvalue weighted by Crippen LogP contribution is 2.22. The number of nitrogens with zero attached hydrogens (tertiary/aromatic N) is 1. The van der Waals surface area contributed by atoms with Crippen LogP contribution in [0.5, 0.6) is 0 Å². The number of aliphatic carboxylic acids is 1. The number of carbonyl (C=O) groups excluding carboxylic acids is 1. The van der Waals surface area contributed by atoms with E-state index in [2.05, 4.69) is 15.5 Å². The smallest absolute Gasteiger partial charge is 0.475 e. The molecule has 0 saturated carbocycles. The monoisotopic (exact) mass is 570 g/mol. The number of sulfonamides is 1. The average molecular weight is 571 g/mol. The summed E-state index contributed by atoms with van der Waals surface area (Å²) in [4.78, 5) is 38.4. The van der Waals surface area contributed by atoms with E-state index in [1.807, 2.05) is 0 Å². The van der Waals surface area contributed by atoms with Crippen LogP contribution in [-0.4, -0.2) is 55.3 Å². The summed E-state index contributed by atoms with van der Waals surface area (Å²) in [6, 6.07) is 8.66. The number of halogens is 4. The number of aromatic nitrogens is 1. The second-order valence-corrected chi connectivity index (χ2v) is 8.89. The van der Waals surface area contributed by atoms with Crippen LogP contribution >= 0.6 is 11.6 Å². The third kappa shape index (κ3) is 10.4. The Morgan fingerprint density at radius 1 is 1.22 bits per heavy atom. The van der Waals surface area contributed by atoms with Crippen LogP contribution in [0, 0.1) is 12.3 Å². The van der Waals surface area contributed by atoms with Gasteiger partial charge < -0.3 is 20.7 Å². The average Bonchev–Trinajstić information content (AvgIpc) is 2.78. The number of carbonyl (C=O) groups is 2. The maximum Gasteiger partial charge on any atom is 0.490 e. The molecule has 0 unspecified atom stereocenters. The molecule has 37 heavy (non-hydrogen) atoms. The molecule has 0 radical (unpaired) electrons. The summed E-state index contributed by atoms with van der Waals surface area (Å²) >= 11 is 5.94. The molecule has 0 bridgehead atoms. The van der Waals surface area contributed by atoms with E-state index in [0.717, 1.165) is 4.57 Å². The van der Waals surface area contributed by atoms with Gasteiger partial charge in [0.2, 0.25) is 11.9 Å².